The summed E-state index contributed by atoms with van der Waals surface area (Å²) in [6.07, 6.45) is 1.41. The molecule has 1 fully saturated rings. The van der Waals surface area contributed by atoms with Crippen LogP contribution >= 0.6 is 15.9 Å². The summed E-state index contributed by atoms with van der Waals surface area (Å²) in [5, 5.41) is 5.75. The number of amides is 2. The fraction of sp³-hybridized carbons (Fsp3) is 0.455. The molecule has 18 heavy (non-hydrogen) atoms. The second-order valence-corrected chi connectivity index (χ2v) is 4.64. The van der Waals surface area contributed by atoms with E-state index in [1.807, 2.05) is 0 Å². The number of halogens is 1. The minimum Gasteiger partial charge on any atom is -0.457 e. The van der Waals surface area contributed by atoms with Gasteiger partial charge in [-0.2, -0.15) is 0 Å². The highest BCUT2D eigenvalue weighted by Crippen LogP contribution is 2.16. The smallest absolute Gasteiger partial charge is 0.256 e. The summed E-state index contributed by atoms with van der Waals surface area (Å²) in [4.78, 5) is 25.3. The zero-order valence-corrected chi connectivity index (χ0v) is 11.3. The molecule has 1 aromatic rings. The summed E-state index contributed by atoms with van der Waals surface area (Å²) in [5.74, 6) is -0.386. The summed E-state index contributed by atoms with van der Waals surface area (Å²) in [6.45, 7) is 2.98. The van der Waals surface area contributed by atoms with Gasteiger partial charge in [-0.25, -0.2) is 0 Å². The SMILES string of the molecule is O=C(NCC(=O)N1CCNCC1)c1ccoc1Br. The first-order valence-electron chi connectivity index (χ1n) is 5.68. The van der Waals surface area contributed by atoms with E-state index in [9.17, 15) is 9.59 Å². The Labute approximate surface area is 113 Å². The molecular formula is C11H14BrN3O3. The zero-order chi connectivity index (χ0) is 13.0. The fourth-order valence-corrected chi connectivity index (χ4v) is 2.15. The van der Waals surface area contributed by atoms with Gasteiger partial charge in [-0.3, -0.25) is 9.59 Å². The van der Waals surface area contributed by atoms with Crippen LogP contribution in [0.4, 0.5) is 0 Å². The summed E-state index contributed by atoms with van der Waals surface area (Å²) in [7, 11) is 0. The molecule has 1 aliphatic rings. The van der Waals surface area contributed by atoms with Crippen molar-refractivity contribution in [1.29, 1.82) is 0 Å². The molecule has 1 aliphatic heterocycles. The minimum atomic E-state index is -0.320. The minimum absolute atomic E-state index is 0.0104. The maximum Gasteiger partial charge on any atom is 0.256 e. The van der Waals surface area contributed by atoms with Gasteiger partial charge in [0.15, 0.2) is 4.67 Å². The van der Waals surface area contributed by atoms with Crippen LogP contribution in [0.25, 0.3) is 0 Å². The number of nitrogens with one attached hydrogen (secondary N) is 2. The van der Waals surface area contributed by atoms with Crippen LogP contribution < -0.4 is 10.6 Å². The fourth-order valence-electron chi connectivity index (χ4n) is 1.73. The Morgan fingerprint density at radius 3 is 2.78 bits per heavy atom. The van der Waals surface area contributed by atoms with E-state index in [2.05, 4.69) is 26.6 Å². The molecule has 0 saturated carbocycles. The van der Waals surface area contributed by atoms with Crippen LogP contribution in [-0.2, 0) is 4.79 Å². The van der Waals surface area contributed by atoms with Crippen molar-refractivity contribution in [3.05, 3.63) is 22.6 Å². The first-order chi connectivity index (χ1) is 8.68. The number of hydrogen-bond acceptors (Lipinski definition) is 4. The van der Waals surface area contributed by atoms with Crippen LogP contribution in [-0.4, -0.2) is 49.4 Å². The van der Waals surface area contributed by atoms with Crippen molar-refractivity contribution in [1.82, 2.24) is 15.5 Å². The third-order valence-electron chi connectivity index (χ3n) is 2.73. The molecule has 0 unspecified atom stereocenters. The highest BCUT2D eigenvalue weighted by Gasteiger charge is 2.18. The van der Waals surface area contributed by atoms with Gasteiger partial charge in [0.25, 0.3) is 5.91 Å². The Balaban J connectivity index is 1.82. The van der Waals surface area contributed by atoms with E-state index in [1.165, 1.54) is 6.26 Å². The highest BCUT2D eigenvalue weighted by atomic mass is 79.9. The molecule has 2 amide bonds. The maximum atomic E-state index is 11.8. The molecule has 0 aliphatic carbocycles. The van der Waals surface area contributed by atoms with E-state index in [-0.39, 0.29) is 18.4 Å². The van der Waals surface area contributed by atoms with Gasteiger partial charge in [0.2, 0.25) is 5.91 Å². The molecule has 0 aromatic carbocycles. The molecule has 0 spiro atoms. The highest BCUT2D eigenvalue weighted by molar-refractivity contribution is 9.10. The Morgan fingerprint density at radius 1 is 1.44 bits per heavy atom. The molecule has 7 heteroatoms. The van der Waals surface area contributed by atoms with E-state index >= 15 is 0 Å². The van der Waals surface area contributed by atoms with Gasteiger partial charge in [0.05, 0.1) is 18.4 Å². The predicted octanol–water partition coefficient (Wildman–Crippen LogP) is 0.204. The van der Waals surface area contributed by atoms with Crippen molar-refractivity contribution in [2.24, 2.45) is 0 Å². The second-order valence-electron chi connectivity index (χ2n) is 3.92. The van der Waals surface area contributed by atoms with Gasteiger partial charge in [-0.15, -0.1) is 0 Å². The van der Waals surface area contributed by atoms with Crippen LogP contribution in [0.1, 0.15) is 10.4 Å². The summed E-state index contributed by atoms with van der Waals surface area (Å²) < 4.78 is 5.33. The Bertz CT molecular complexity index is 440. The van der Waals surface area contributed by atoms with E-state index in [4.69, 9.17) is 4.42 Å². The van der Waals surface area contributed by atoms with Gasteiger partial charge in [0.1, 0.15) is 0 Å². The standard InChI is InChI=1S/C11H14BrN3O3/c12-10-8(1-6-18-10)11(17)14-7-9(16)15-4-2-13-3-5-15/h1,6,13H,2-5,7H2,(H,14,17). The lowest BCUT2D eigenvalue weighted by Crippen LogP contribution is -2.49. The number of hydrogen-bond donors (Lipinski definition) is 2. The number of furan rings is 1. The third-order valence-corrected chi connectivity index (χ3v) is 3.35. The molecule has 0 atom stereocenters. The largest absolute Gasteiger partial charge is 0.457 e. The molecule has 2 rings (SSSR count). The number of carbonyl (C=O) groups excluding carboxylic acids is 2. The molecule has 1 saturated heterocycles. The lowest BCUT2D eigenvalue weighted by atomic mass is 10.3. The predicted molar refractivity (Wildman–Crippen MR) is 68.2 cm³/mol. The van der Waals surface area contributed by atoms with Crippen molar-refractivity contribution < 1.29 is 14.0 Å². The van der Waals surface area contributed by atoms with E-state index in [0.29, 0.717) is 23.3 Å². The summed E-state index contributed by atoms with van der Waals surface area (Å²) in [5.41, 5.74) is 0.392. The molecule has 0 bridgehead atoms. The molecular weight excluding hydrogens is 302 g/mol. The molecule has 1 aromatic heterocycles. The van der Waals surface area contributed by atoms with Gasteiger partial charge in [0, 0.05) is 26.2 Å². The Morgan fingerprint density at radius 2 is 2.17 bits per heavy atom. The quantitative estimate of drug-likeness (QED) is 0.836. The van der Waals surface area contributed by atoms with Crippen LogP contribution in [0.2, 0.25) is 0 Å². The van der Waals surface area contributed by atoms with E-state index in [0.717, 1.165) is 13.1 Å². The molecule has 2 N–H and O–H groups in total. The summed E-state index contributed by atoms with van der Waals surface area (Å²) >= 11 is 3.12. The van der Waals surface area contributed by atoms with Crippen molar-refractivity contribution >= 4 is 27.7 Å². The molecule has 6 nitrogen and oxygen atoms in total. The zero-order valence-electron chi connectivity index (χ0n) is 9.74. The Kier molecular flexibility index (Phi) is 4.38. The van der Waals surface area contributed by atoms with Crippen LogP contribution in [0.3, 0.4) is 0 Å². The Hall–Kier alpha value is -1.34. The number of piperazine rings is 1. The van der Waals surface area contributed by atoms with Crippen LogP contribution in [0.5, 0.6) is 0 Å². The monoisotopic (exact) mass is 315 g/mol. The lowest BCUT2D eigenvalue weighted by Gasteiger charge is -2.27. The third kappa shape index (κ3) is 3.11. The van der Waals surface area contributed by atoms with Crippen LogP contribution in [0, 0.1) is 0 Å². The first kappa shape index (κ1) is 13.1. The van der Waals surface area contributed by atoms with Gasteiger partial charge >= 0.3 is 0 Å². The number of nitrogens with zero attached hydrogens (tertiary/aromatic N) is 1. The molecule has 98 valence electrons. The number of carbonyl (C=O) groups is 2. The van der Waals surface area contributed by atoms with Gasteiger partial charge in [-0.1, -0.05) is 0 Å². The maximum absolute atomic E-state index is 11.8. The summed E-state index contributed by atoms with van der Waals surface area (Å²) in [6, 6.07) is 1.55. The average molecular weight is 316 g/mol. The number of rotatable bonds is 3. The van der Waals surface area contributed by atoms with Crippen molar-refractivity contribution in [2.45, 2.75) is 0 Å². The van der Waals surface area contributed by atoms with Crippen molar-refractivity contribution in [3.63, 3.8) is 0 Å². The van der Waals surface area contributed by atoms with Gasteiger partial charge < -0.3 is 20.0 Å². The van der Waals surface area contributed by atoms with Crippen molar-refractivity contribution in [3.8, 4) is 0 Å². The van der Waals surface area contributed by atoms with E-state index < -0.39 is 0 Å². The average Bonchev–Trinajstić information content (AvgIpc) is 2.83. The lowest BCUT2D eigenvalue weighted by molar-refractivity contribution is -0.130. The van der Waals surface area contributed by atoms with Crippen molar-refractivity contribution in [2.75, 3.05) is 32.7 Å². The second kappa shape index (κ2) is 6.01. The first-order valence-corrected chi connectivity index (χ1v) is 6.47. The molecule has 0 radical (unpaired) electrons. The topological polar surface area (TPSA) is 74.6 Å². The van der Waals surface area contributed by atoms with E-state index in [1.54, 1.807) is 11.0 Å². The normalized spacial score (nSPS) is 15.5. The van der Waals surface area contributed by atoms with Crippen LogP contribution in [0.15, 0.2) is 21.4 Å². The molecule has 2 heterocycles. The van der Waals surface area contributed by atoms with Gasteiger partial charge in [-0.05, 0) is 22.0 Å².